The zero-order valence-corrected chi connectivity index (χ0v) is 10.9. The zero-order chi connectivity index (χ0) is 12.5. The van der Waals surface area contributed by atoms with Crippen molar-refractivity contribution in [2.75, 3.05) is 25.0 Å². The third kappa shape index (κ3) is 5.14. The van der Waals surface area contributed by atoms with Gasteiger partial charge in [0.2, 0.25) is 0 Å². The Morgan fingerprint density at radius 1 is 1.53 bits per heavy atom. The Balaban J connectivity index is 2.42. The van der Waals surface area contributed by atoms with Gasteiger partial charge in [-0.1, -0.05) is 19.8 Å². The van der Waals surface area contributed by atoms with Crippen LogP contribution in [0.2, 0.25) is 0 Å². The second-order valence-electron chi connectivity index (χ2n) is 3.69. The third-order valence-electron chi connectivity index (χ3n) is 2.33. The van der Waals surface area contributed by atoms with Crippen LogP contribution in [0.4, 0.5) is 9.93 Å². The molecule has 1 aromatic rings. The summed E-state index contributed by atoms with van der Waals surface area (Å²) in [6, 6.07) is -0.190. The van der Waals surface area contributed by atoms with E-state index in [9.17, 15) is 4.79 Å². The number of aliphatic hydroxyl groups excluding tert-OH is 1. The van der Waals surface area contributed by atoms with E-state index in [1.165, 1.54) is 11.3 Å². The number of aliphatic hydroxyl groups is 1. The second-order valence-corrected chi connectivity index (χ2v) is 4.58. The van der Waals surface area contributed by atoms with Crippen LogP contribution in [0.25, 0.3) is 0 Å². The lowest BCUT2D eigenvalue weighted by molar-refractivity contribution is 0.187. The van der Waals surface area contributed by atoms with Gasteiger partial charge in [0.15, 0.2) is 5.13 Å². The van der Waals surface area contributed by atoms with Crippen LogP contribution in [-0.4, -0.2) is 40.7 Å². The van der Waals surface area contributed by atoms with Gasteiger partial charge in [-0.3, -0.25) is 5.32 Å². The first kappa shape index (κ1) is 13.9. The summed E-state index contributed by atoms with van der Waals surface area (Å²) in [5.41, 5.74) is 0. The monoisotopic (exact) mass is 257 g/mol. The molecule has 96 valence electrons. The molecule has 1 rings (SSSR count). The van der Waals surface area contributed by atoms with E-state index < -0.39 is 0 Å². The molecule has 0 aliphatic carbocycles. The fourth-order valence-electron chi connectivity index (χ4n) is 1.44. The molecule has 0 radical (unpaired) electrons. The van der Waals surface area contributed by atoms with Crippen LogP contribution < -0.4 is 5.32 Å². The number of aromatic nitrogens is 1. The highest BCUT2D eigenvalue weighted by Gasteiger charge is 2.13. The van der Waals surface area contributed by atoms with Crippen LogP contribution in [-0.2, 0) is 0 Å². The van der Waals surface area contributed by atoms with E-state index in [1.54, 1.807) is 11.1 Å². The van der Waals surface area contributed by atoms with Crippen molar-refractivity contribution in [3.05, 3.63) is 11.6 Å². The number of thiazole rings is 1. The van der Waals surface area contributed by atoms with Gasteiger partial charge in [-0.25, -0.2) is 9.78 Å². The number of nitrogens with one attached hydrogen (secondary N) is 1. The maximum atomic E-state index is 11.9. The molecule has 0 aromatic carbocycles. The molecule has 2 amide bonds. The molecular weight excluding hydrogens is 238 g/mol. The topological polar surface area (TPSA) is 65.5 Å². The second kappa shape index (κ2) is 8.03. The van der Waals surface area contributed by atoms with E-state index in [1.807, 2.05) is 5.38 Å². The van der Waals surface area contributed by atoms with Gasteiger partial charge in [-0.15, -0.1) is 11.3 Å². The Labute approximate surface area is 105 Å². The van der Waals surface area contributed by atoms with Gasteiger partial charge in [0, 0.05) is 24.7 Å². The van der Waals surface area contributed by atoms with Crippen molar-refractivity contribution in [2.24, 2.45) is 0 Å². The molecule has 0 fully saturated rings. The molecule has 0 saturated heterocycles. The summed E-state index contributed by atoms with van der Waals surface area (Å²) in [7, 11) is 0. The van der Waals surface area contributed by atoms with E-state index in [-0.39, 0.29) is 12.6 Å². The molecule has 0 saturated carbocycles. The predicted molar refractivity (Wildman–Crippen MR) is 69.3 cm³/mol. The van der Waals surface area contributed by atoms with Gasteiger partial charge in [-0.2, -0.15) is 0 Å². The lowest BCUT2D eigenvalue weighted by Crippen LogP contribution is -2.37. The van der Waals surface area contributed by atoms with E-state index in [0.29, 0.717) is 18.2 Å². The molecule has 0 atom stereocenters. The summed E-state index contributed by atoms with van der Waals surface area (Å²) in [5.74, 6) is 0. The van der Waals surface area contributed by atoms with Crippen molar-refractivity contribution in [1.29, 1.82) is 0 Å². The van der Waals surface area contributed by atoms with Gasteiger partial charge < -0.3 is 10.0 Å². The zero-order valence-electron chi connectivity index (χ0n) is 10.1. The summed E-state index contributed by atoms with van der Waals surface area (Å²) in [6.45, 7) is 3.13. The van der Waals surface area contributed by atoms with Crippen molar-refractivity contribution in [3.63, 3.8) is 0 Å². The van der Waals surface area contributed by atoms with Crippen LogP contribution in [0, 0.1) is 0 Å². The molecule has 0 aliphatic rings. The Morgan fingerprint density at radius 2 is 2.35 bits per heavy atom. The van der Waals surface area contributed by atoms with Crippen molar-refractivity contribution >= 4 is 22.5 Å². The summed E-state index contributed by atoms with van der Waals surface area (Å²) in [6.07, 6.45) is 4.81. The molecule has 0 aliphatic heterocycles. The first-order chi connectivity index (χ1) is 8.27. The Morgan fingerprint density at radius 3 is 2.94 bits per heavy atom. The van der Waals surface area contributed by atoms with E-state index in [2.05, 4.69) is 17.2 Å². The SMILES string of the molecule is CCCCCN(CCO)C(=O)Nc1nccs1. The first-order valence-corrected chi connectivity index (χ1v) is 6.72. The Bertz CT molecular complexity index is 317. The first-order valence-electron chi connectivity index (χ1n) is 5.84. The number of nitrogens with zero attached hydrogens (tertiary/aromatic N) is 2. The highest BCUT2D eigenvalue weighted by molar-refractivity contribution is 7.13. The summed E-state index contributed by atoms with van der Waals surface area (Å²) < 4.78 is 0. The minimum atomic E-state index is -0.190. The van der Waals surface area contributed by atoms with Crippen LogP contribution in [0.1, 0.15) is 26.2 Å². The molecule has 2 N–H and O–H groups in total. The molecule has 17 heavy (non-hydrogen) atoms. The van der Waals surface area contributed by atoms with Gasteiger partial charge in [0.05, 0.1) is 6.61 Å². The summed E-state index contributed by atoms with van der Waals surface area (Å²) in [4.78, 5) is 17.5. The molecule has 5 nitrogen and oxygen atoms in total. The smallest absolute Gasteiger partial charge is 0.323 e. The lowest BCUT2D eigenvalue weighted by Gasteiger charge is -2.21. The van der Waals surface area contributed by atoms with Crippen molar-refractivity contribution in [2.45, 2.75) is 26.2 Å². The molecule has 0 spiro atoms. The van der Waals surface area contributed by atoms with E-state index >= 15 is 0 Å². The highest BCUT2D eigenvalue weighted by Crippen LogP contribution is 2.11. The van der Waals surface area contributed by atoms with Crippen LogP contribution in [0.5, 0.6) is 0 Å². The fraction of sp³-hybridized carbons (Fsp3) is 0.636. The number of urea groups is 1. The molecule has 0 unspecified atom stereocenters. The molecular formula is C11H19N3O2S. The number of carbonyl (C=O) groups excluding carboxylic acids is 1. The minimum absolute atomic E-state index is 0.0165. The number of hydrogen-bond donors (Lipinski definition) is 2. The van der Waals surface area contributed by atoms with Gasteiger partial charge in [0.1, 0.15) is 0 Å². The Kier molecular flexibility index (Phi) is 6.57. The quantitative estimate of drug-likeness (QED) is 0.736. The number of carbonyl (C=O) groups is 1. The largest absolute Gasteiger partial charge is 0.395 e. The summed E-state index contributed by atoms with van der Waals surface area (Å²) in [5, 5.41) is 14.1. The number of anilines is 1. The number of unbranched alkanes of at least 4 members (excludes halogenated alkanes) is 2. The minimum Gasteiger partial charge on any atom is -0.395 e. The number of rotatable bonds is 7. The van der Waals surface area contributed by atoms with Gasteiger partial charge in [-0.05, 0) is 6.42 Å². The molecule has 0 bridgehead atoms. The van der Waals surface area contributed by atoms with Crippen LogP contribution in [0.3, 0.4) is 0 Å². The fourth-order valence-corrected chi connectivity index (χ4v) is 1.96. The average Bonchev–Trinajstić information content (AvgIpc) is 2.81. The predicted octanol–water partition coefficient (Wildman–Crippen LogP) is 2.16. The van der Waals surface area contributed by atoms with Crippen LogP contribution >= 0.6 is 11.3 Å². The van der Waals surface area contributed by atoms with Crippen molar-refractivity contribution in [3.8, 4) is 0 Å². The van der Waals surface area contributed by atoms with Crippen LogP contribution in [0.15, 0.2) is 11.6 Å². The maximum absolute atomic E-state index is 11.9. The van der Waals surface area contributed by atoms with Crippen molar-refractivity contribution < 1.29 is 9.90 Å². The molecule has 1 aromatic heterocycles. The highest BCUT2D eigenvalue weighted by atomic mass is 32.1. The van der Waals surface area contributed by atoms with Gasteiger partial charge >= 0.3 is 6.03 Å². The normalized spacial score (nSPS) is 10.2. The molecule has 6 heteroatoms. The standard InChI is InChI=1S/C11H19N3O2S/c1-2-3-4-6-14(7-8-15)11(16)13-10-12-5-9-17-10/h5,9,15H,2-4,6-8H2,1H3,(H,12,13,16). The van der Waals surface area contributed by atoms with Crippen molar-refractivity contribution in [1.82, 2.24) is 9.88 Å². The van der Waals surface area contributed by atoms with Gasteiger partial charge in [0.25, 0.3) is 0 Å². The number of hydrogen-bond acceptors (Lipinski definition) is 4. The van der Waals surface area contributed by atoms with E-state index in [4.69, 9.17) is 5.11 Å². The third-order valence-corrected chi connectivity index (χ3v) is 3.02. The lowest BCUT2D eigenvalue weighted by atomic mass is 10.2. The molecule has 1 heterocycles. The number of amides is 2. The maximum Gasteiger partial charge on any atom is 0.323 e. The van der Waals surface area contributed by atoms with E-state index in [0.717, 1.165) is 19.3 Å². The summed E-state index contributed by atoms with van der Waals surface area (Å²) >= 11 is 1.38. The Hall–Kier alpha value is -1.14. The average molecular weight is 257 g/mol.